The van der Waals surface area contributed by atoms with Crippen LogP contribution < -0.4 is 10.6 Å². The van der Waals surface area contributed by atoms with Gasteiger partial charge < -0.3 is 5.32 Å². The van der Waals surface area contributed by atoms with Gasteiger partial charge in [-0.1, -0.05) is 29.3 Å². The molecule has 0 aromatic heterocycles. The van der Waals surface area contributed by atoms with E-state index >= 15 is 0 Å². The second-order valence-electron chi connectivity index (χ2n) is 5.36. The van der Waals surface area contributed by atoms with Crippen molar-refractivity contribution >= 4 is 45.2 Å². The molecule has 1 heterocycles. The van der Waals surface area contributed by atoms with Crippen molar-refractivity contribution in [3.8, 4) is 0 Å². The molecule has 3 amide bonds. The summed E-state index contributed by atoms with van der Waals surface area (Å²) < 4.78 is 26.7. The summed E-state index contributed by atoms with van der Waals surface area (Å²) >= 11 is 11.9. The third-order valence-corrected chi connectivity index (χ3v) is 6.58. The molecule has 25 heavy (non-hydrogen) atoms. The fraction of sp³-hybridized carbons (Fsp3) is 0.429. The number of carbonyl (C=O) groups excluding carboxylic acids is 2. The molecular formula is C14H18Cl2N4O4S. The molecule has 1 aliphatic rings. The molecule has 0 radical (unpaired) electrons. The molecule has 0 aliphatic carbocycles. The van der Waals surface area contributed by atoms with Gasteiger partial charge in [-0.05, 0) is 12.1 Å². The van der Waals surface area contributed by atoms with Gasteiger partial charge in [0.05, 0.1) is 16.6 Å². The number of sulfonamides is 1. The van der Waals surface area contributed by atoms with E-state index < -0.39 is 22.0 Å². The minimum absolute atomic E-state index is 0.00319. The van der Waals surface area contributed by atoms with Crippen molar-refractivity contribution in [3.63, 3.8) is 0 Å². The highest BCUT2D eigenvalue weighted by molar-refractivity contribution is 7.89. The number of amides is 3. The summed E-state index contributed by atoms with van der Waals surface area (Å²) in [4.78, 5) is 24.5. The van der Waals surface area contributed by atoms with Crippen molar-refractivity contribution in [1.82, 2.24) is 19.8 Å². The molecule has 138 valence electrons. The van der Waals surface area contributed by atoms with Crippen molar-refractivity contribution in [2.24, 2.45) is 0 Å². The van der Waals surface area contributed by atoms with Gasteiger partial charge in [-0.25, -0.2) is 13.2 Å². The number of rotatable bonds is 4. The molecule has 1 saturated heterocycles. The van der Waals surface area contributed by atoms with Crippen LogP contribution in [0.25, 0.3) is 0 Å². The van der Waals surface area contributed by atoms with Crippen LogP contribution in [-0.4, -0.2) is 69.3 Å². The van der Waals surface area contributed by atoms with E-state index in [2.05, 4.69) is 10.6 Å². The SMILES string of the molecule is CNC(=O)NC(=O)CN1CCN(S(=O)(=O)c2cccc(Cl)c2Cl)CC1. The highest BCUT2D eigenvalue weighted by Crippen LogP contribution is 2.31. The van der Waals surface area contributed by atoms with Gasteiger partial charge >= 0.3 is 6.03 Å². The van der Waals surface area contributed by atoms with Gasteiger partial charge in [0, 0.05) is 33.2 Å². The smallest absolute Gasteiger partial charge is 0.321 e. The lowest BCUT2D eigenvalue weighted by Crippen LogP contribution is -2.52. The standard InChI is InChI=1S/C14H18Cl2N4O4S/c1-17-14(22)18-12(21)9-19-5-7-20(8-6-19)25(23,24)11-4-2-3-10(15)13(11)16/h2-4H,5-9H2,1H3,(H2,17,18,21,22). The van der Waals surface area contributed by atoms with Gasteiger partial charge in [-0.2, -0.15) is 4.31 Å². The number of hydrogen-bond acceptors (Lipinski definition) is 5. The Morgan fingerprint density at radius 3 is 2.40 bits per heavy atom. The quantitative estimate of drug-likeness (QED) is 0.765. The zero-order chi connectivity index (χ0) is 18.6. The molecule has 2 rings (SSSR count). The average Bonchev–Trinajstić information content (AvgIpc) is 2.57. The second kappa shape index (κ2) is 8.33. The predicted octanol–water partition coefficient (Wildman–Crippen LogP) is 0.755. The number of carbonyl (C=O) groups is 2. The van der Waals surface area contributed by atoms with Crippen LogP contribution in [0.3, 0.4) is 0 Å². The number of urea groups is 1. The molecule has 0 atom stereocenters. The van der Waals surface area contributed by atoms with Crippen LogP contribution in [0.2, 0.25) is 10.0 Å². The number of nitrogens with zero attached hydrogens (tertiary/aromatic N) is 2. The molecule has 1 fully saturated rings. The Morgan fingerprint density at radius 1 is 1.16 bits per heavy atom. The van der Waals surface area contributed by atoms with E-state index in [1.165, 1.54) is 29.6 Å². The zero-order valence-electron chi connectivity index (χ0n) is 13.5. The third-order valence-electron chi connectivity index (χ3n) is 3.71. The molecule has 0 spiro atoms. The number of piperazine rings is 1. The van der Waals surface area contributed by atoms with Crippen molar-refractivity contribution < 1.29 is 18.0 Å². The van der Waals surface area contributed by atoms with E-state index in [1.54, 1.807) is 4.90 Å². The molecular weight excluding hydrogens is 391 g/mol. The Hall–Kier alpha value is -1.39. The van der Waals surface area contributed by atoms with Gasteiger partial charge in [0.1, 0.15) is 4.90 Å². The molecule has 8 nitrogen and oxygen atoms in total. The normalized spacial score (nSPS) is 16.4. The topological polar surface area (TPSA) is 98.8 Å². The highest BCUT2D eigenvalue weighted by Gasteiger charge is 2.31. The summed E-state index contributed by atoms with van der Waals surface area (Å²) in [6, 6.07) is 3.88. The zero-order valence-corrected chi connectivity index (χ0v) is 15.8. The van der Waals surface area contributed by atoms with Crippen LogP contribution in [-0.2, 0) is 14.8 Å². The number of halogens is 2. The van der Waals surface area contributed by atoms with Gasteiger partial charge in [0.2, 0.25) is 15.9 Å². The Labute approximate surface area is 156 Å². The maximum atomic E-state index is 12.7. The minimum Gasteiger partial charge on any atom is -0.341 e. The van der Waals surface area contributed by atoms with Gasteiger partial charge in [0.15, 0.2) is 0 Å². The van der Waals surface area contributed by atoms with E-state index in [1.807, 2.05) is 0 Å². The first-order chi connectivity index (χ1) is 11.8. The van der Waals surface area contributed by atoms with Crippen molar-refractivity contribution in [2.75, 3.05) is 39.8 Å². The van der Waals surface area contributed by atoms with Gasteiger partial charge in [-0.15, -0.1) is 0 Å². The Bertz CT molecular complexity index is 764. The molecule has 1 aromatic carbocycles. The lowest BCUT2D eigenvalue weighted by Gasteiger charge is -2.33. The maximum absolute atomic E-state index is 12.7. The van der Waals surface area contributed by atoms with Crippen molar-refractivity contribution in [1.29, 1.82) is 0 Å². The Balaban J connectivity index is 1.98. The molecule has 2 N–H and O–H groups in total. The average molecular weight is 409 g/mol. The first-order valence-electron chi connectivity index (χ1n) is 7.43. The minimum atomic E-state index is -3.76. The fourth-order valence-corrected chi connectivity index (χ4v) is 4.54. The first kappa shape index (κ1) is 19.9. The monoisotopic (exact) mass is 408 g/mol. The number of hydrogen-bond donors (Lipinski definition) is 2. The van der Waals surface area contributed by atoms with Crippen LogP contribution in [0.4, 0.5) is 4.79 Å². The van der Waals surface area contributed by atoms with Crippen LogP contribution >= 0.6 is 23.2 Å². The lowest BCUT2D eigenvalue weighted by molar-refractivity contribution is -0.121. The van der Waals surface area contributed by atoms with Gasteiger partial charge in [0.25, 0.3) is 0 Å². The number of imide groups is 1. The van der Waals surface area contributed by atoms with E-state index in [0.29, 0.717) is 13.1 Å². The molecule has 1 aliphatic heterocycles. The largest absolute Gasteiger partial charge is 0.341 e. The van der Waals surface area contributed by atoms with Gasteiger partial charge in [-0.3, -0.25) is 15.0 Å². The Morgan fingerprint density at radius 2 is 1.80 bits per heavy atom. The summed E-state index contributed by atoms with van der Waals surface area (Å²) in [5, 5.41) is 4.62. The van der Waals surface area contributed by atoms with Crippen LogP contribution in [0.15, 0.2) is 23.1 Å². The van der Waals surface area contributed by atoms with Crippen LogP contribution in [0.1, 0.15) is 0 Å². The summed E-state index contributed by atoms with van der Waals surface area (Å²) in [6.07, 6.45) is 0. The van der Waals surface area contributed by atoms with E-state index in [9.17, 15) is 18.0 Å². The third kappa shape index (κ3) is 4.83. The van der Waals surface area contributed by atoms with E-state index in [4.69, 9.17) is 23.2 Å². The summed E-state index contributed by atoms with van der Waals surface area (Å²) in [5.74, 6) is -0.450. The number of benzene rings is 1. The fourth-order valence-electron chi connectivity index (χ4n) is 2.38. The summed E-state index contributed by atoms with van der Waals surface area (Å²) in [7, 11) is -2.35. The van der Waals surface area contributed by atoms with E-state index in [0.717, 1.165) is 0 Å². The predicted molar refractivity (Wildman–Crippen MR) is 94.3 cm³/mol. The Kier molecular flexibility index (Phi) is 6.64. The van der Waals surface area contributed by atoms with Crippen LogP contribution in [0.5, 0.6) is 0 Å². The number of nitrogens with one attached hydrogen (secondary N) is 2. The second-order valence-corrected chi connectivity index (χ2v) is 8.05. The molecule has 0 bridgehead atoms. The first-order valence-corrected chi connectivity index (χ1v) is 9.63. The van der Waals surface area contributed by atoms with Crippen molar-refractivity contribution in [3.05, 3.63) is 28.2 Å². The lowest BCUT2D eigenvalue weighted by atomic mass is 10.3. The molecule has 1 aromatic rings. The summed E-state index contributed by atoms with van der Waals surface area (Å²) in [6.45, 7) is 1.15. The van der Waals surface area contributed by atoms with Crippen molar-refractivity contribution in [2.45, 2.75) is 4.90 Å². The van der Waals surface area contributed by atoms with E-state index in [-0.39, 0.29) is 34.6 Å². The molecule has 11 heteroatoms. The summed E-state index contributed by atoms with van der Waals surface area (Å²) in [5.41, 5.74) is 0. The maximum Gasteiger partial charge on any atom is 0.321 e. The highest BCUT2D eigenvalue weighted by atomic mass is 35.5. The molecule has 0 saturated carbocycles. The molecule has 0 unspecified atom stereocenters. The van der Waals surface area contributed by atoms with Crippen LogP contribution in [0, 0.1) is 0 Å².